The zero-order valence-electron chi connectivity index (χ0n) is 24.4. The Morgan fingerprint density at radius 3 is 2.54 bits per heavy atom. The van der Waals surface area contributed by atoms with E-state index in [1.165, 1.54) is 0 Å². The molecule has 0 aromatic heterocycles. The first-order valence-electron chi connectivity index (χ1n) is 14.5. The smallest absolute Gasteiger partial charge is 0.231 e. The van der Waals surface area contributed by atoms with Crippen molar-refractivity contribution in [1.29, 1.82) is 0 Å². The number of fused-ring (bicyclic) bond motifs is 1. The fourth-order valence-corrected chi connectivity index (χ4v) is 5.88. The average Bonchev–Trinajstić information content (AvgIpc) is 3.05. The van der Waals surface area contributed by atoms with Gasteiger partial charge in [0.25, 0.3) is 0 Å². The van der Waals surface area contributed by atoms with Gasteiger partial charge in [-0.25, -0.2) is 0 Å². The van der Waals surface area contributed by atoms with Crippen LogP contribution in [0.4, 0.5) is 11.4 Å². The second-order valence-electron chi connectivity index (χ2n) is 11.6. The number of allylic oxidation sites excluding steroid dienone is 1. The molecule has 39 heavy (non-hydrogen) atoms. The van der Waals surface area contributed by atoms with Gasteiger partial charge in [0.15, 0.2) is 17.3 Å². The molecule has 1 heterocycles. The maximum atomic E-state index is 14.5. The number of nitrogens with one attached hydrogen (secondary N) is 1. The van der Waals surface area contributed by atoms with Crippen LogP contribution in [-0.2, 0) is 9.59 Å². The average molecular weight is 533 g/mol. The minimum Gasteiger partial charge on any atom is -0.493 e. The van der Waals surface area contributed by atoms with E-state index in [0.717, 1.165) is 61.2 Å². The number of unbranched alkanes of at least 4 members (excludes halogenated alkanes) is 1. The summed E-state index contributed by atoms with van der Waals surface area (Å²) in [6.07, 6.45) is 5.63. The van der Waals surface area contributed by atoms with Gasteiger partial charge in [0.05, 0.1) is 31.1 Å². The van der Waals surface area contributed by atoms with Crippen LogP contribution in [0.15, 0.2) is 53.7 Å². The van der Waals surface area contributed by atoms with Crippen LogP contribution in [0.2, 0.25) is 0 Å². The summed E-state index contributed by atoms with van der Waals surface area (Å²) in [7, 11) is 1.63. The molecule has 6 heteroatoms. The third kappa shape index (κ3) is 6.00. The van der Waals surface area contributed by atoms with E-state index in [1.54, 1.807) is 7.11 Å². The molecule has 0 saturated carbocycles. The van der Waals surface area contributed by atoms with Gasteiger partial charge >= 0.3 is 0 Å². The molecule has 1 aliphatic carbocycles. The number of anilines is 2. The van der Waals surface area contributed by atoms with Gasteiger partial charge in [-0.2, -0.15) is 0 Å². The molecule has 4 rings (SSSR count). The van der Waals surface area contributed by atoms with Crippen LogP contribution >= 0.6 is 0 Å². The summed E-state index contributed by atoms with van der Waals surface area (Å²) in [6.45, 7) is 11.1. The molecule has 0 saturated heterocycles. The highest BCUT2D eigenvalue weighted by Gasteiger charge is 2.44. The Morgan fingerprint density at radius 2 is 1.85 bits per heavy atom. The number of ketones is 1. The highest BCUT2D eigenvalue weighted by Crippen LogP contribution is 2.49. The van der Waals surface area contributed by atoms with E-state index < -0.39 is 6.04 Å². The molecule has 1 aliphatic heterocycles. The summed E-state index contributed by atoms with van der Waals surface area (Å²) in [5, 5.41) is 3.61. The lowest BCUT2D eigenvalue weighted by Gasteiger charge is -2.38. The number of carbonyl (C=O) groups excluding carboxylic acids is 2. The fraction of sp³-hybridized carbons (Fsp3) is 0.515. The lowest BCUT2D eigenvalue weighted by atomic mass is 9.73. The quantitative estimate of drug-likeness (QED) is 0.338. The molecule has 210 valence electrons. The molecule has 0 bridgehead atoms. The minimum atomic E-state index is -0.572. The van der Waals surface area contributed by atoms with Crippen LogP contribution in [0.1, 0.15) is 91.2 Å². The number of amides is 1. The SMILES string of the molecule is CCCC[C@@H](CC)C(=O)N1c2ccccc2NC2=C(C(=O)CC(C)(C)C2)[C@H]1c1ccc(OCCC)c(OC)c1. The zero-order chi connectivity index (χ0) is 28.2. The first-order valence-corrected chi connectivity index (χ1v) is 14.5. The van der Waals surface area contributed by atoms with E-state index in [-0.39, 0.29) is 23.0 Å². The molecule has 1 N–H and O–H groups in total. The number of carbonyl (C=O) groups is 2. The predicted octanol–water partition coefficient (Wildman–Crippen LogP) is 7.84. The highest BCUT2D eigenvalue weighted by molar-refractivity contribution is 6.07. The van der Waals surface area contributed by atoms with E-state index >= 15 is 0 Å². The van der Waals surface area contributed by atoms with Crippen molar-refractivity contribution < 1.29 is 19.1 Å². The second kappa shape index (κ2) is 12.3. The Hall–Kier alpha value is -3.28. The molecule has 0 unspecified atom stereocenters. The maximum absolute atomic E-state index is 14.5. The van der Waals surface area contributed by atoms with Crippen molar-refractivity contribution in [3.8, 4) is 11.5 Å². The van der Waals surface area contributed by atoms with Crippen molar-refractivity contribution in [2.75, 3.05) is 23.9 Å². The van der Waals surface area contributed by atoms with E-state index in [9.17, 15) is 9.59 Å². The number of benzene rings is 2. The van der Waals surface area contributed by atoms with E-state index in [0.29, 0.717) is 30.1 Å². The van der Waals surface area contributed by atoms with Crippen LogP contribution in [0.5, 0.6) is 11.5 Å². The van der Waals surface area contributed by atoms with Crippen molar-refractivity contribution in [2.24, 2.45) is 11.3 Å². The van der Waals surface area contributed by atoms with E-state index in [1.807, 2.05) is 47.4 Å². The predicted molar refractivity (Wildman–Crippen MR) is 157 cm³/mol. The van der Waals surface area contributed by atoms with Crippen LogP contribution in [0.3, 0.4) is 0 Å². The molecular formula is C33H44N2O4. The van der Waals surface area contributed by atoms with Gasteiger partial charge < -0.3 is 14.8 Å². The number of hydrogen-bond acceptors (Lipinski definition) is 5. The molecule has 2 atom stereocenters. The van der Waals surface area contributed by atoms with Gasteiger partial charge in [-0.05, 0) is 60.9 Å². The van der Waals surface area contributed by atoms with Crippen molar-refractivity contribution in [3.63, 3.8) is 0 Å². The van der Waals surface area contributed by atoms with Crippen molar-refractivity contribution >= 4 is 23.1 Å². The zero-order valence-corrected chi connectivity index (χ0v) is 24.4. The lowest BCUT2D eigenvalue weighted by Crippen LogP contribution is -2.42. The summed E-state index contributed by atoms with van der Waals surface area (Å²) in [4.78, 5) is 30.4. The minimum absolute atomic E-state index is 0.0573. The largest absolute Gasteiger partial charge is 0.493 e. The first kappa shape index (κ1) is 28.7. The van der Waals surface area contributed by atoms with Gasteiger partial charge in [-0.15, -0.1) is 0 Å². The highest BCUT2D eigenvalue weighted by atomic mass is 16.5. The summed E-state index contributed by atoms with van der Waals surface area (Å²) in [5.74, 6) is 1.26. The van der Waals surface area contributed by atoms with Crippen LogP contribution < -0.4 is 19.7 Å². The van der Waals surface area contributed by atoms with E-state index in [2.05, 4.69) is 39.9 Å². The molecule has 1 amide bonds. The normalized spacial score (nSPS) is 19.0. The fourth-order valence-electron chi connectivity index (χ4n) is 5.88. The third-order valence-electron chi connectivity index (χ3n) is 7.85. The van der Waals surface area contributed by atoms with Crippen molar-refractivity contribution in [3.05, 3.63) is 59.3 Å². The van der Waals surface area contributed by atoms with Gasteiger partial charge in [0.1, 0.15) is 0 Å². The Kier molecular flexibility index (Phi) is 9.04. The first-order chi connectivity index (χ1) is 18.7. The summed E-state index contributed by atoms with van der Waals surface area (Å²) >= 11 is 0. The summed E-state index contributed by atoms with van der Waals surface area (Å²) in [6, 6.07) is 13.2. The second-order valence-corrected chi connectivity index (χ2v) is 11.6. The van der Waals surface area contributed by atoms with Gasteiger partial charge in [-0.3, -0.25) is 14.5 Å². The Morgan fingerprint density at radius 1 is 1.08 bits per heavy atom. The third-order valence-corrected chi connectivity index (χ3v) is 7.85. The summed E-state index contributed by atoms with van der Waals surface area (Å²) < 4.78 is 11.7. The molecule has 2 aromatic rings. The Labute approximate surface area is 233 Å². The molecular weight excluding hydrogens is 488 g/mol. The maximum Gasteiger partial charge on any atom is 0.231 e. The van der Waals surface area contributed by atoms with E-state index in [4.69, 9.17) is 9.47 Å². The number of ether oxygens (including phenoxy) is 2. The number of methoxy groups -OCH3 is 1. The Bertz CT molecular complexity index is 1230. The molecule has 0 spiro atoms. The van der Waals surface area contributed by atoms with Crippen LogP contribution in [0, 0.1) is 11.3 Å². The molecule has 6 nitrogen and oxygen atoms in total. The number of hydrogen-bond donors (Lipinski definition) is 1. The monoisotopic (exact) mass is 532 g/mol. The summed E-state index contributed by atoms with van der Waals surface area (Å²) in [5.41, 5.74) is 3.89. The molecule has 0 radical (unpaired) electrons. The lowest BCUT2D eigenvalue weighted by molar-refractivity contribution is -0.123. The molecule has 2 aromatic carbocycles. The van der Waals surface area contributed by atoms with Crippen molar-refractivity contribution in [1.82, 2.24) is 0 Å². The number of para-hydroxylation sites is 2. The number of nitrogens with zero attached hydrogens (tertiary/aromatic N) is 1. The topological polar surface area (TPSA) is 67.9 Å². The van der Waals surface area contributed by atoms with Crippen LogP contribution in [0.25, 0.3) is 0 Å². The van der Waals surface area contributed by atoms with Gasteiger partial charge in [0.2, 0.25) is 5.91 Å². The Balaban J connectivity index is 1.96. The standard InChI is InChI=1S/C33H44N2O4/c1-7-10-13-22(9-3)32(37)35-26-15-12-11-14-24(26)34-25-20-33(4,5)21-27(36)30(25)31(35)23-16-17-28(39-18-8-2)29(19-23)38-6/h11-12,14-17,19,22,31,34H,7-10,13,18,20-21H2,1-6H3/t22-,31-/m1/s1. The van der Waals surface area contributed by atoms with Gasteiger partial charge in [0, 0.05) is 23.6 Å². The molecule has 2 aliphatic rings. The van der Waals surface area contributed by atoms with Gasteiger partial charge in [-0.1, -0.05) is 65.7 Å². The number of Topliss-reactive ketones (excluding diaryl/α,β-unsaturated/α-hetero) is 1. The van der Waals surface area contributed by atoms with Crippen molar-refractivity contribution in [2.45, 2.75) is 85.6 Å². The molecule has 0 fully saturated rings. The number of rotatable bonds is 10. The van der Waals surface area contributed by atoms with Crippen LogP contribution in [-0.4, -0.2) is 25.4 Å².